The molecule has 0 saturated heterocycles. The highest BCUT2D eigenvalue weighted by molar-refractivity contribution is 7.87. The molecule has 0 aromatic heterocycles. The molecule has 6 aromatic carbocycles. The molecule has 0 amide bonds. The standard InChI is InChI=1S/C37H28O6S2/c38-44(39,35-17-9-3-10-18-35)42-33-25-21-31(22-26-33)37(29-13-5-1-6-14-29,30-15-7-2-8-16-30)32-23-27-34(28-24-32)43-45(40,41)36-19-11-4-12-20-36/h1-28H. The van der Waals surface area contributed by atoms with Gasteiger partial charge in [-0.15, -0.1) is 0 Å². The van der Waals surface area contributed by atoms with E-state index in [1.54, 1.807) is 60.7 Å². The third-order valence-electron chi connectivity index (χ3n) is 7.46. The van der Waals surface area contributed by atoms with E-state index in [4.69, 9.17) is 8.37 Å². The van der Waals surface area contributed by atoms with Gasteiger partial charge in [0.25, 0.3) is 0 Å². The van der Waals surface area contributed by atoms with Crippen LogP contribution in [0.15, 0.2) is 180 Å². The average Bonchev–Trinajstić information content (AvgIpc) is 3.08. The first kappa shape index (κ1) is 29.9. The molecule has 0 bridgehead atoms. The third kappa shape index (κ3) is 6.11. The maximum absolute atomic E-state index is 12.9. The summed E-state index contributed by atoms with van der Waals surface area (Å²) in [5, 5.41) is 0. The summed E-state index contributed by atoms with van der Waals surface area (Å²) in [6.45, 7) is 0. The van der Waals surface area contributed by atoms with Crippen molar-refractivity contribution in [1.29, 1.82) is 0 Å². The SMILES string of the molecule is O=S(=O)(Oc1ccc(C(c2ccccc2)(c2ccccc2)c2ccc(OS(=O)(=O)c3ccccc3)cc2)cc1)c1ccccc1. The molecule has 0 aliphatic heterocycles. The Balaban J connectivity index is 1.44. The Bertz CT molecular complexity index is 1930. The highest BCUT2D eigenvalue weighted by Gasteiger charge is 2.38. The lowest BCUT2D eigenvalue weighted by Gasteiger charge is -2.37. The largest absolute Gasteiger partial charge is 0.379 e. The number of benzene rings is 6. The summed E-state index contributed by atoms with van der Waals surface area (Å²) in [6.07, 6.45) is 0. The van der Waals surface area contributed by atoms with Gasteiger partial charge in [0, 0.05) is 0 Å². The van der Waals surface area contributed by atoms with Gasteiger partial charge in [0.15, 0.2) is 0 Å². The molecule has 0 aliphatic carbocycles. The lowest BCUT2D eigenvalue weighted by molar-refractivity contribution is 0.484. The van der Waals surface area contributed by atoms with Crippen molar-refractivity contribution >= 4 is 20.2 Å². The van der Waals surface area contributed by atoms with E-state index in [1.165, 1.54) is 24.3 Å². The summed E-state index contributed by atoms with van der Waals surface area (Å²) in [5.41, 5.74) is 2.72. The third-order valence-corrected chi connectivity index (χ3v) is 9.99. The molecule has 0 N–H and O–H groups in total. The fourth-order valence-electron chi connectivity index (χ4n) is 5.42. The lowest BCUT2D eigenvalue weighted by Crippen LogP contribution is -2.31. The fourth-order valence-corrected chi connectivity index (χ4v) is 7.32. The van der Waals surface area contributed by atoms with Gasteiger partial charge in [-0.25, -0.2) is 0 Å². The van der Waals surface area contributed by atoms with Crippen LogP contribution in [0.25, 0.3) is 0 Å². The van der Waals surface area contributed by atoms with Crippen LogP contribution in [0.3, 0.4) is 0 Å². The molecule has 0 heterocycles. The van der Waals surface area contributed by atoms with E-state index in [0.717, 1.165) is 22.3 Å². The molecule has 8 heteroatoms. The molecule has 6 aromatic rings. The molecule has 6 rings (SSSR count). The molecular formula is C37H28O6S2. The molecule has 45 heavy (non-hydrogen) atoms. The zero-order valence-corrected chi connectivity index (χ0v) is 25.6. The van der Waals surface area contributed by atoms with E-state index >= 15 is 0 Å². The van der Waals surface area contributed by atoms with Crippen LogP contribution >= 0.6 is 0 Å². The van der Waals surface area contributed by atoms with E-state index in [9.17, 15) is 16.8 Å². The minimum absolute atomic E-state index is 0.0635. The van der Waals surface area contributed by atoms with Gasteiger partial charge in [0.2, 0.25) is 0 Å². The Morgan fingerprint density at radius 1 is 0.333 bits per heavy atom. The first-order chi connectivity index (χ1) is 21.8. The maximum atomic E-state index is 12.9. The van der Waals surface area contributed by atoms with Crippen molar-refractivity contribution in [1.82, 2.24) is 0 Å². The minimum atomic E-state index is -4.02. The molecule has 0 unspecified atom stereocenters. The van der Waals surface area contributed by atoms with Crippen molar-refractivity contribution in [2.75, 3.05) is 0 Å². The van der Waals surface area contributed by atoms with E-state index in [0.29, 0.717) is 0 Å². The van der Waals surface area contributed by atoms with E-state index in [1.807, 2.05) is 84.9 Å². The normalized spacial score (nSPS) is 11.9. The van der Waals surface area contributed by atoms with Crippen LogP contribution in [0.2, 0.25) is 0 Å². The second-order valence-corrected chi connectivity index (χ2v) is 13.3. The van der Waals surface area contributed by atoms with Gasteiger partial charge in [-0.1, -0.05) is 121 Å². The molecule has 224 valence electrons. The van der Waals surface area contributed by atoms with Crippen LogP contribution in [-0.2, 0) is 25.7 Å². The minimum Gasteiger partial charge on any atom is -0.379 e. The smallest absolute Gasteiger partial charge is 0.339 e. The zero-order chi connectivity index (χ0) is 31.3. The van der Waals surface area contributed by atoms with Gasteiger partial charge in [-0.3, -0.25) is 0 Å². The van der Waals surface area contributed by atoms with Crippen LogP contribution in [0.5, 0.6) is 11.5 Å². The summed E-state index contributed by atoms with van der Waals surface area (Å²) in [4.78, 5) is 0.127. The molecule has 0 radical (unpaired) electrons. The van der Waals surface area contributed by atoms with Crippen LogP contribution < -0.4 is 8.37 Å². The van der Waals surface area contributed by atoms with Gasteiger partial charge in [0.05, 0.1) is 5.41 Å². The summed E-state index contributed by atoms with van der Waals surface area (Å²) in [6, 6.07) is 49.8. The monoisotopic (exact) mass is 632 g/mol. The molecule has 6 nitrogen and oxygen atoms in total. The summed E-state index contributed by atoms with van der Waals surface area (Å²) < 4.78 is 62.5. The molecule has 0 fully saturated rings. The number of rotatable bonds is 10. The summed E-state index contributed by atoms with van der Waals surface area (Å²) >= 11 is 0. The quantitative estimate of drug-likeness (QED) is 0.114. The fraction of sp³-hybridized carbons (Fsp3) is 0.0270. The Kier molecular flexibility index (Phi) is 8.26. The maximum Gasteiger partial charge on any atom is 0.339 e. The second kappa shape index (κ2) is 12.4. The Morgan fingerprint density at radius 2 is 0.600 bits per heavy atom. The number of hydrogen-bond donors (Lipinski definition) is 0. The second-order valence-electron chi connectivity index (χ2n) is 10.2. The zero-order valence-electron chi connectivity index (χ0n) is 23.9. The molecular weight excluding hydrogens is 605 g/mol. The van der Waals surface area contributed by atoms with Gasteiger partial charge in [-0.2, -0.15) is 16.8 Å². The van der Waals surface area contributed by atoms with Crippen LogP contribution in [-0.4, -0.2) is 16.8 Å². The predicted octanol–water partition coefficient (Wildman–Crippen LogP) is 7.60. The molecule has 0 saturated carbocycles. The average molecular weight is 633 g/mol. The topological polar surface area (TPSA) is 86.7 Å². The predicted molar refractivity (Wildman–Crippen MR) is 173 cm³/mol. The van der Waals surface area contributed by atoms with E-state index in [-0.39, 0.29) is 21.3 Å². The highest BCUT2D eigenvalue weighted by Crippen LogP contribution is 2.46. The lowest BCUT2D eigenvalue weighted by atomic mass is 9.65. The Labute approximate surface area is 263 Å². The van der Waals surface area contributed by atoms with Crippen LogP contribution in [0, 0.1) is 0 Å². The van der Waals surface area contributed by atoms with Crippen molar-refractivity contribution in [3.05, 3.63) is 192 Å². The Morgan fingerprint density at radius 3 is 0.911 bits per heavy atom. The molecule has 0 atom stereocenters. The van der Waals surface area contributed by atoms with Crippen LogP contribution in [0.1, 0.15) is 22.3 Å². The highest BCUT2D eigenvalue weighted by atomic mass is 32.2. The van der Waals surface area contributed by atoms with Crippen molar-refractivity contribution in [3.63, 3.8) is 0 Å². The van der Waals surface area contributed by atoms with Gasteiger partial charge >= 0.3 is 20.2 Å². The summed E-state index contributed by atoms with van der Waals surface area (Å²) in [5.74, 6) is 0.347. The van der Waals surface area contributed by atoms with Gasteiger partial charge in [0.1, 0.15) is 21.3 Å². The van der Waals surface area contributed by atoms with Gasteiger partial charge in [-0.05, 0) is 70.8 Å². The van der Waals surface area contributed by atoms with Gasteiger partial charge < -0.3 is 8.37 Å². The first-order valence-corrected chi connectivity index (χ1v) is 16.9. The van der Waals surface area contributed by atoms with Crippen molar-refractivity contribution < 1.29 is 25.2 Å². The first-order valence-electron chi connectivity index (χ1n) is 14.1. The molecule has 0 spiro atoms. The molecule has 0 aliphatic rings. The van der Waals surface area contributed by atoms with Crippen molar-refractivity contribution in [3.8, 4) is 11.5 Å². The van der Waals surface area contributed by atoms with Crippen LogP contribution in [0.4, 0.5) is 0 Å². The Hall–Kier alpha value is -5.18. The summed E-state index contributed by atoms with van der Waals surface area (Å²) in [7, 11) is -8.04. The number of hydrogen-bond acceptors (Lipinski definition) is 6. The van der Waals surface area contributed by atoms with E-state index < -0.39 is 25.7 Å². The van der Waals surface area contributed by atoms with E-state index in [2.05, 4.69) is 0 Å². The van der Waals surface area contributed by atoms with Crippen molar-refractivity contribution in [2.24, 2.45) is 0 Å². The van der Waals surface area contributed by atoms with Crippen molar-refractivity contribution in [2.45, 2.75) is 15.2 Å².